The number of hydrogen-bond acceptors (Lipinski definition) is 5. The molecule has 0 fully saturated rings. The average Bonchev–Trinajstić information content (AvgIpc) is 2.85. The Morgan fingerprint density at radius 3 is 3.11 bits per heavy atom. The second-order valence-electron chi connectivity index (χ2n) is 4.04. The molecule has 0 saturated heterocycles. The Hall–Kier alpha value is -2.44. The van der Waals surface area contributed by atoms with Gasteiger partial charge in [0.1, 0.15) is 17.7 Å². The van der Waals surface area contributed by atoms with Crippen LogP contribution in [0.4, 0.5) is 5.82 Å². The molecule has 0 radical (unpaired) electrons. The summed E-state index contributed by atoms with van der Waals surface area (Å²) in [6.45, 7) is 1.96. The summed E-state index contributed by atoms with van der Waals surface area (Å²) < 4.78 is 1.96. The Balaban J connectivity index is 1.95. The summed E-state index contributed by atoms with van der Waals surface area (Å²) >= 11 is 0. The van der Waals surface area contributed by atoms with Crippen molar-refractivity contribution in [1.29, 1.82) is 0 Å². The van der Waals surface area contributed by atoms with E-state index in [9.17, 15) is 4.79 Å². The molecule has 1 aliphatic heterocycles. The summed E-state index contributed by atoms with van der Waals surface area (Å²) in [5.41, 5.74) is 0.213. The van der Waals surface area contributed by atoms with Crippen LogP contribution in [0.25, 0.3) is 0 Å². The number of carboxylic acid groups (broad SMARTS) is 1. The van der Waals surface area contributed by atoms with Crippen molar-refractivity contribution < 1.29 is 9.90 Å². The number of aromatic nitrogens is 4. The summed E-state index contributed by atoms with van der Waals surface area (Å²) in [5, 5.41) is 17.0. The number of fused-ring (bicyclic) bond motifs is 1. The van der Waals surface area contributed by atoms with E-state index >= 15 is 0 Å². The van der Waals surface area contributed by atoms with E-state index in [1.807, 2.05) is 9.47 Å². The van der Waals surface area contributed by atoms with Gasteiger partial charge in [0.05, 0.1) is 6.54 Å². The van der Waals surface area contributed by atoms with E-state index in [0.717, 1.165) is 12.4 Å². The van der Waals surface area contributed by atoms with Crippen molar-refractivity contribution in [2.45, 2.75) is 13.1 Å². The van der Waals surface area contributed by atoms with Crippen LogP contribution in [0.15, 0.2) is 24.7 Å². The van der Waals surface area contributed by atoms with Gasteiger partial charge in [-0.25, -0.2) is 9.78 Å². The second kappa shape index (κ2) is 4.10. The molecule has 0 amide bonds. The van der Waals surface area contributed by atoms with E-state index in [0.29, 0.717) is 18.9 Å². The van der Waals surface area contributed by atoms with Crippen molar-refractivity contribution in [3.05, 3.63) is 36.0 Å². The lowest BCUT2D eigenvalue weighted by molar-refractivity contribution is 0.0697. The SMILES string of the molecule is O=C(O)c1cccnc1N1CCn2cnnc2C1. The molecule has 0 aliphatic carbocycles. The molecule has 2 aromatic rings. The van der Waals surface area contributed by atoms with Gasteiger partial charge in [0.2, 0.25) is 0 Å². The van der Waals surface area contributed by atoms with Gasteiger partial charge in [0.25, 0.3) is 0 Å². The van der Waals surface area contributed by atoms with Gasteiger partial charge in [-0.2, -0.15) is 0 Å². The molecule has 92 valence electrons. The standard InChI is InChI=1S/C11H11N5O2/c17-11(18)8-2-1-3-12-10(8)15-4-5-16-7-13-14-9(16)6-15/h1-3,7H,4-6H2,(H,17,18). The number of rotatable bonds is 2. The van der Waals surface area contributed by atoms with Gasteiger partial charge >= 0.3 is 5.97 Å². The quantitative estimate of drug-likeness (QED) is 0.824. The smallest absolute Gasteiger partial charge is 0.339 e. The highest BCUT2D eigenvalue weighted by Crippen LogP contribution is 2.21. The molecule has 3 heterocycles. The maximum Gasteiger partial charge on any atom is 0.339 e. The van der Waals surface area contributed by atoms with E-state index in [1.54, 1.807) is 24.7 Å². The Morgan fingerprint density at radius 1 is 1.39 bits per heavy atom. The molecule has 0 bridgehead atoms. The average molecular weight is 245 g/mol. The third-order valence-electron chi connectivity index (χ3n) is 2.96. The molecule has 7 heteroatoms. The molecule has 0 atom stereocenters. The molecular formula is C11H11N5O2. The van der Waals surface area contributed by atoms with Crippen molar-refractivity contribution in [2.75, 3.05) is 11.4 Å². The van der Waals surface area contributed by atoms with Gasteiger partial charge in [-0.1, -0.05) is 0 Å². The number of anilines is 1. The first kappa shape index (κ1) is 10.7. The van der Waals surface area contributed by atoms with E-state index < -0.39 is 5.97 Å². The molecule has 7 nitrogen and oxygen atoms in total. The van der Waals surface area contributed by atoms with Gasteiger partial charge in [-0.05, 0) is 12.1 Å². The first-order chi connectivity index (χ1) is 8.75. The number of nitrogens with zero attached hydrogens (tertiary/aromatic N) is 5. The van der Waals surface area contributed by atoms with Crippen molar-refractivity contribution in [3.8, 4) is 0 Å². The van der Waals surface area contributed by atoms with Crippen LogP contribution in [-0.2, 0) is 13.1 Å². The van der Waals surface area contributed by atoms with Gasteiger partial charge in [0.15, 0.2) is 5.82 Å². The highest BCUT2D eigenvalue weighted by Gasteiger charge is 2.22. The van der Waals surface area contributed by atoms with Crippen LogP contribution in [-0.4, -0.2) is 37.4 Å². The fourth-order valence-corrected chi connectivity index (χ4v) is 2.06. The van der Waals surface area contributed by atoms with Gasteiger partial charge in [-0.3, -0.25) is 0 Å². The molecule has 0 unspecified atom stereocenters. The summed E-state index contributed by atoms with van der Waals surface area (Å²) in [6.07, 6.45) is 3.28. The lowest BCUT2D eigenvalue weighted by Gasteiger charge is -2.28. The third kappa shape index (κ3) is 1.69. The Morgan fingerprint density at radius 2 is 2.28 bits per heavy atom. The number of hydrogen-bond donors (Lipinski definition) is 1. The third-order valence-corrected chi connectivity index (χ3v) is 2.96. The predicted octanol–water partition coefficient (Wildman–Crippen LogP) is 0.391. The Bertz CT molecular complexity index is 595. The fraction of sp³-hybridized carbons (Fsp3) is 0.273. The van der Waals surface area contributed by atoms with E-state index in [-0.39, 0.29) is 5.56 Å². The molecule has 1 aliphatic rings. The number of carboxylic acids is 1. The van der Waals surface area contributed by atoms with Crippen LogP contribution in [0.1, 0.15) is 16.2 Å². The van der Waals surface area contributed by atoms with E-state index in [4.69, 9.17) is 5.11 Å². The molecule has 2 aromatic heterocycles. The van der Waals surface area contributed by atoms with Gasteiger partial charge in [-0.15, -0.1) is 10.2 Å². The first-order valence-corrected chi connectivity index (χ1v) is 5.55. The van der Waals surface area contributed by atoms with Crippen molar-refractivity contribution in [1.82, 2.24) is 19.7 Å². The summed E-state index contributed by atoms with van der Waals surface area (Å²) in [7, 11) is 0. The van der Waals surface area contributed by atoms with Gasteiger partial charge < -0.3 is 14.6 Å². The maximum absolute atomic E-state index is 11.2. The summed E-state index contributed by atoms with van der Waals surface area (Å²) in [5.74, 6) is 0.340. The fourth-order valence-electron chi connectivity index (χ4n) is 2.06. The molecule has 0 spiro atoms. The van der Waals surface area contributed by atoms with Crippen LogP contribution in [0.5, 0.6) is 0 Å². The Labute approximate surface area is 103 Å². The highest BCUT2D eigenvalue weighted by molar-refractivity contribution is 5.93. The van der Waals surface area contributed by atoms with E-state index in [2.05, 4.69) is 15.2 Å². The molecular weight excluding hydrogens is 234 g/mol. The zero-order chi connectivity index (χ0) is 12.5. The minimum Gasteiger partial charge on any atom is -0.478 e. The molecule has 0 aromatic carbocycles. The van der Waals surface area contributed by atoms with Crippen LogP contribution in [0.2, 0.25) is 0 Å². The van der Waals surface area contributed by atoms with Crippen molar-refractivity contribution in [2.24, 2.45) is 0 Å². The summed E-state index contributed by atoms with van der Waals surface area (Å²) in [4.78, 5) is 17.2. The zero-order valence-corrected chi connectivity index (χ0v) is 9.52. The highest BCUT2D eigenvalue weighted by atomic mass is 16.4. The van der Waals surface area contributed by atoms with Crippen LogP contribution >= 0.6 is 0 Å². The van der Waals surface area contributed by atoms with Crippen molar-refractivity contribution >= 4 is 11.8 Å². The van der Waals surface area contributed by atoms with Crippen LogP contribution in [0.3, 0.4) is 0 Å². The monoisotopic (exact) mass is 245 g/mol. The maximum atomic E-state index is 11.2. The largest absolute Gasteiger partial charge is 0.478 e. The van der Waals surface area contributed by atoms with E-state index in [1.165, 1.54) is 0 Å². The predicted molar refractivity (Wildman–Crippen MR) is 62.3 cm³/mol. The number of aromatic carboxylic acids is 1. The normalized spacial score (nSPS) is 14.3. The first-order valence-electron chi connectivity index (χ1n) is 5.55. The summed E-state index contributed by atoms with van der Waals surface area (Å²) in [6, 6.07) is 3.18. The molecule has 18 heavy (non-hydrogen) atoms. The number of pyridine rings is 1. The molecule has 3 rings (SSSR count). The molecule has 1 N–H and O–H groups in total. The minimum atomic E-state index is -0.967. The lowest BCUT2D eigenvalue weighted by Crippen LogP contribution is -2.35. The topological polar surface area (TPSA) is 84.1 Å². The Kier molecular flexibility index (Phi) is 2.44. The number of carbonyl (C=O) groups is 1. The molecule has 0 saturated carbocycles. The zero-order valence-electron chi connectivity index (χ0n) is 9.52. The lowest BCUT2D eigenvalue weighted by atomic mass is 10.2. The second-order valence-corrected chi connectivity index (χ2v) is 4.04. The van der Waals surface area contributed by atoms with Crippen molar-refractivity contribution in [3.63, 3.8) is 0 Å². The van der Waals surface area contributed by atoms with Gasteiger partial charge in [0, 0.05) is 19.3 Å². The van der Waals surface area contributed by atoms with Crippen LogP contribution < -0.4 is 4.90 Å². The van der Waals surface area contributed by atoms with Crippen LogP contribution in [0, 0.1) is 0 Å². The minimum absolute atomic E-state index is 0.213.